The number of rotatable bonds is 3. The van der Waals surface area contributed by atoms with Gasteiger partial charge in [-0.15, -0.1) is 0 Å². The minimum atomic E-state index is -1.12. The SMILES string of the molecule is CC1OC([n+]2cccc(C(=O)Nc3ccc4c(c3)C(=O)N(C)C4=O)c2)[C@H](O)[C@@H]1O. The number of pyridine rings is 1. The third kappa shape index (κ3) is 3.19. The number of nitrogens with one attached hydrogen (secondary N) is 1. The van der Waals surface area contributed by atoms with Crippen LogP contribution in [0, 0.1) is 0 Å². The Labute approximate surface area is 166 Å². The summed E-state index contributed by atoms with van der Waals surface area (Å²) in [5, 5.41) is 22.7. The number of hydrogen-bond acceptors (Lipinski definition) is 6. The highest BCUT2D eigenvalue weighted by Crippen LogP contribution is 2.26. The van der Waals surface area contributed by atoms with Crippen LogP contribution in [-0.4, -0.2) is 58.2 Å². The van der Waals surface area contributed by atoms with E-state index in [-0.39, 0.29) is 17.0 Å². The zero-order chi connectivity index (χ0) is 20.9. The Morgan fingerprint density at radius 2 is 1.86 bits per heavy atom. The summed E-state index contributed by atoms with van der Waals surface area (Å²) in [5.41, 5.74) is 1.20. The highest BCUT2D eigenvalue weighted by atomic mass is 16.6. The Kier molecular flexibility index (Phi) is 4.65. The average Bonchev–Trinajstić information content (AvgIpc) is 3.10. The lowest BCUT2D eigenvalue weighted by atomic mass is 10.1. The van der Waals surface area contributed by atoms with Crippen molar-refractivity contribution in [3.63, 3.8) is 0 Å². The number of imide groups is 1. The van der Waals surface area contributed by atoms with Crippen molar-refractivity contribution in [3.05, 3.63) is 59.4 Å². The molecule has 3 heterocycles. The molecule has 1 fully saturated rings. The van der Waals surface area contributed by atoms with Crippen molar-refractivity contribution >= 4 is 23.4 Å². The van der Waals surface area contributed by atoms with E-state index in [0.29, 0.717) is 11.3 Å². The molecular formula is C20H20N3O6+. The van der Waals surface area contributed by atoms with Crippen LogP contribution in [0.5, 0.6) is 0 Å². The molecule has 150 valence electrons. The molecule has 2 aliphatic rings. The molecule has 9 nitrogen and oxygen atoms in total. The topological polar surface area (TPSA) is 120 Å². The fourth-order valence-electron chi connectivity index (χ4n) is 3.50. The molecule has 2 aromatic rings. The van der Waals surface area contributed by atoms with E-state index in [9.17, 15) is 24.6 Å². The highest BCUT2D eigenvalue weighted by Gasteiger charge is 2.46. The van der Waals surface area contributed by atoms with E-state index in [1.54, 1.807) is 31.3 Å². The molecule has 9 heteroatoms. The molecule has 1 saturated heterocycles. The van der Waals surface area contributed by atoms with Gasteiger partial charge in [-0.05, 0) is 31.2 Å². The van der Waals surface area contributed by atoms with Crippen LogP contribution in [-0.2, 0) is 4.74 Å². The predicted octanol–water partition coefficient (Wildman–Crippen LogP) is 0.0913. The quantitative estimate of drug-likeness (QED) is 0.498. The zero-order valence-corrected chi connectivity index (χ0v) is 15.8. The van der Waals surface area contributed by atoms with Crippen LogP contribution in [0.3, 0.4) is 0 Å². The monoisotopic (exact) mass is 398 g/mol. The van der Waals surface area contributed by atoms with Gasteiger partial charge in [0.2, 0.25) is 0 Å². The van der Waals surface area contributed by atoms with E-state index in [4.69, 9.17) is 4.74 Å². The number of hydrogen-bond donors (Lipinski definition) is 3. The summed E-state index contributed by atoms with van der Waals surface area (Å²) >= 11 is 0. The second kappa shape index (κ2) is 7.03. The molecule has 1 aromatic carbocycles. The highest BCUT2D eigenvalue weighted by molar-refractivity contribution is 6.21. The van der Waals surface area contributed by atoms with Crippen molar-refractivity contribution in [3.8, 4) is 0 Å². The van der Waals surface area contributed by atoms with Crippen molar-refractivity contribution < 1.29 is 33.9 Å². The third-order valence-electron chi connectivity index (χ3n) is 5.20. The zero-order valence-electron chi connectivity index (χ0n) is 15.8. The number of nitrogens with zero attached hydrogens (tertiary/aromatic N) is 2. The molecule has 4 atom stereocenters. The van der Waals surface area contributed by atoms with Crippen molar-refractivity contribution in [1.82, 2.24) is 4.90 Å². The first-order chi connectivity index (χ1) is 13.8. The lowest BCUT2D eigenvalue weighted by molar-refractivity contribution is -0.765. The van der Waals surface area contributed by atoms with E-state index in [1.807, 2.05) is 0 Å². The number of fused-ring (bicyclic) bond motifs is 1. The van der Waals surface area contributed by atoms with E-state index in [1.165, 1.54) is 29.9 Å². The number of amides is 3. The van der Waals surface area contributed by atoms with Gasteiger partial charge in [-0.1, -0.05) is 0 Å². The van der Waals surface area contributed by atoms with Gasteiger partial charge >= 0.3 is 0 Å². The summed E-state index contributed by atoms with van der Waals surface area (Å²) in [6.45, 7) is 1.66. The lowest BCUT2D eigenvalue weighted by Gasteiger charge is -2.11. The number of aliphatic hydroxyl groups excluding tert-OH is 2. The van der Waals surface area contributed by atoms with E-state index < -0.39 is 36.4 Å². The smallest absolute Gasteiger partial charge is 0.291 e. The summed E-state index contributed by atoms with van der Waals surface area (Å²) in [6.07, 6.45) is -0.355. The Morgan fingerprint density at radius 3 is 2.55 bits per heavy atom. The van der Waals surface area contributed by atoms with E-state index >= 15 is 0 Å². The molecule has 1 aromatic heterocycles. The maximum atomic E-state index is 12.7. The fourth-order valence-corrected chi connectivity index (χ4v) is 3.50. The lowest BCUT2D eigenvalue weighted by Crippen LogP contribution is -2.46. The van der Waals surface area contributed by atoms with Crippen LogP contribution in [0.15, 0.2) is 42.7 Å². The van der Waals surface area contributed by atoms with E-state index in [2.05, 4.69) is 5.32 Å². The number of benzene rings is 1. The molecule has 3 N–H and O–H groups in total. The number of ether oxygens (including phenoxy) is 1. The maximum Gasteiger partial charge on any atom is 0.291 e. The number of carbonyl (C=O) groups excluding carboxylic acids is 3. The number of aliphatic hydroxyl groups is 2. The van der Waals surface area contributed by atoms with Crippen LogP contribution in [0.2, 0.25) is 0 Å². The molecule has 0 aliphatic carbocycles. The molecule has 0 bridgehead atoms. The molecular weight excluding hydrogens is 378 g/mol. The Bertz CT molecular complexity index is 1020. The molecule has 2 unspecified atom stereocenters. The molecule has 4 rings (SSSR count). The molecule has 0 radical (unpaired) electrons. The van der Waals surface area contributed by atoms with Gasteiger partial charge in [-0.3, -0.25) is 19.3 Å². The third-order valence-corrected chi connectivity index (χ3v) is 5.20. The number of aromatic nitrogens is 1. The van der Waals surface area contributed by atoms with Gasteiger partial charge in [0.05, 0.1) is 17.2 Å². The molecule has 0 saturated carbocycles. The number of anilines is 1. The van der Waals surface area contributed by atoms with Crippen LogP contribution in [0.1, 0.15) is 44.2 Å². The molecule has 29 heavy (non-hydrogen) atoms. The van der Waals surface area contributed by atoms with Crippen molar-refractivity contribution in [2.45, 2.75) is 31.5 Å². The summed E-state index contributed by atoms with van der Waals surface area (Å²) < 4.78 is 7.08. The van der Waals surface area contributed by atoms with Gasteiger partial charge in [-0.2, -0.15) is 4.57 Å². The normalized spacial score (nSPS) is 26.0. The van der Waals surface area contributed by atoms with Crippen LogP contribution < -0.4 is 9.88 Å². The summed E-state index contributed by atoms with van der Waals surface area (Å²) in [4.78, 5) is 37.8. The average molecular weight is 398 g/mol. The van der Waals surface area contributed by atoms with Crippen LogP contribution >= 0.6 is 0 Å². The molecule has 3 amide bonds. The number of carbonyl (C=O) groups is 3. The molecule has 2 aliphatic heterocycles. The first-order valence-electron chi connectivity index (χ1n) is 9.08. The maximum absolute atomic E-state index is 12.7. The standard InChI is InChI=1S/C20H19N3O6/c1-10-15(24)16(25)20(29-10)23-7-3-4-11(9-23)17(26)21-12-5-6-13-14(8-12)19(28)22(2)18(13)27/h3-10,15-16,20,24-25H,1-2H3/p+1/t10?,15-,16-,20?/m1/s1. The van der Waals surface area contributed by atoms with Crippen LogP contribution in [0.4, 0.5) is 5.69 Å². The first kappa shape index (κ1) is 19.2. The van der Waals surface area contributed by atoms with Gasteiger partial charge < -0.3 is 20.3 Å². The van der Waals surface area contributed by atoms with Gasteiger partial charge in [0, 0.05) is 18.8 Å². The van der Waals surface area contributed by atoms with Gasteiger partial charge in [0.1, 0.15) is 11.7 Å². The largest absolute Gasteiger partial charge is 0.387 e. The Hall–Kier alpha value is -3.14. The van der Waals surface area contributed by atoms with Crippen molar-refractivity contribution in [2.24, 2.45) is 0 Å². The fraction of sp³-hybridized carbons (Fsp3) is 0.300. The molecule has 0 spiro atoms. The minimum Gasteiger partial charge on any atom is -0.387 e. The van der Waals surface area contributed by atoms with Gasteiger partial charge in [-0.25, -0.2) is 0 Å². The van der Waals surface area contributed by atoms with Crippen molar-refractivity contribution in [1.29, 1.82) is 0 Å². The summed E-state index contributed by atoms with van der Waals surface area (Å²) in [6, 6.07) is 7.74. The summed E-state index contributed by atoms with van der Waals surface area (Å²) in [7, 11) is 1.41. The van der Waals surface area contributed by atoms with Crippen molar-refractivity contribution in [2.75, 3.05) is 12.4 Å². The Balaban J connectivity index is 1.55. The van der Waals surface area contributed by atoms with Crippen LogP contribution in [0.25, 0.3) is 0 Å². The van der Waals surface area contributed by atoms with Gasteiger partial charge in [0.25, 0.3) is 23.9 Å². The van der Waals surface area contributed by atoms with Gasteiger partial charge in [0.15, 0.2) is 18.5 Å². The van der Waals surface area contributed by atoms with E-state index in [0.717, 1.165) is 4.90 Å². The Morgan fingerprint density at radius 1 is 1.14 bits per heavy atom. The predicted molar refractivity (Wildman–Crippen MR) is 99.1 cm³/mol. The second-order valence-corrected chi connectivity index (χ2v) is 7.14. The minimum absolute atomic E-state index is 0.240. The summed E-state index contributed by atoms with van der Waals surface area (Å²) in [5.74, 6) is -1.23. The second-order valence-electron chi connectivity index (χ2n) is 7.14. The first-order valence-corrected chi connectivity index (χ1v) is 9.08.